The van der Waals surface area contributed by atoms with Crippen molar-refractivity contribution in [2.75, 3.05) is 0 Å². The Labute approximate surface area is 102 Å². The smallest absolute Gasteiger partial charge is 0.341 e. The second-order valence-electron chi connectivity index (χ2n) is 3.82. The van der Waals surface area contributed by atoms with E-state index in [-0.39, 0.29) is 5.56 Å². The van der Waals surface area contributed by atoms with Crippen molar-refractivity contribution in [2.24, 2.45) is 7.05 Å². The summed E-state index contributed by atoms with van der Waals surface area (Å²) < 4.78 is 1.68. The molecule has 0 bridgehead atoms. The minimum atomic E-state index is -1.22. The fourth-order valence-electron chi connectivity index (χ4n) is 1.88. The molecule has 0 radical (unpaired) electrons. The molecule has 1 aromatic carbocycles. The normalized spacial score (nSPS) is 10.8. The summed E-state index contributed by atoms with van der Waals surface area (Å²) in [6.07, 6.45) is 0. The number of rotatable bonds is 1. The Bertz CT molecular complexity index is 688. The van der Waals surface area contributed by atoms with Crippen molar-refractivity contribution in [3.8, 4) is 0 Å². The Morgan fingerprint density at radius 3 is 2.65 bits per heavy atom. The summed E-state index contributed by atoms with van der Waals surface area (Å²) in [5.74, 6) is -1.22. The lowest BCUT2D eigenvalue weighted by atomic mass is 10.1. The zero-order chi connectivity index (χ0) is 12.7. The average Bonchev–Trinajstić information content (AvgIpc) is 2.26. The highest BCUT2D eigenvalue weighted by atomic mass is 35.5. The second kappa shape index (κ2) is 3.89. The molecule has 0 spiro atoms. The number of halogens is 1. The number of benzene rings is 1. The molecule has 0 fully saturated rings. The molecule has 17 heavy (non-hydrogen) atoms. The number of carboxylic acid groups (broad SMARTS) is 1. The van der Waals surface area contributed by atoms with Crippen molar-refractivity contribution in [1.29, 1.82) is 0 Å². The first-order valence-electron chi connectivity index (χ1n) is 4.95. The van der Waals surface area contributed by atoms with Crippen LogP contribution in [0, 0.1) is 6.92 Å². The summed E-state index contributed by atoms with van der Waals surface area (Å²) in [5.41, 5.74) is 0.395. The molecular formula is C12H10ClNO3. The fourth-order valence-corrected chi connectivity index (χ4v) is 2.05. The van der Waals surface area contributed by atoms with Crippen LogP contribution in [0.5, 0.6) is 0 Å². The lowest BCUT2D eigenvalue weighted by Gasteiger charge is -2.12. The summed E-state index contributed by atoms with van der Waals surface area (Å²) in [5, 5.41) is 9.79. The summed E-state index contributed by atoms with van der Waals surface area (Å²) in [4.78, 5) is 23.1. The number of hydrogen-bond donors (Lipinski definition) is 1. The Balaban J connectivity index is 3.06. The van der Waals surface area contributed by atoms with E-state index in [4.69, 9.17) is 16.7 Å². The Morgan fingerprint density at radius 1 is 1.41 bits per heavy atom. The molecule has 0 aliphatic rings. The largest absolute Gasteiger partial charge is 0.477 e. The van der Waals surface area contributed by atoms with Crippen LogP contribution in [0.15, 0.2) is 23.0 Å². The minimum absolute atomic E-state index is 0.206. The van der Waals surface area contributed by atoms with Gasteiger partial charge in [0.15, 0.2) is 0 Å². The number of hydrogen-bond acceptors (Lipinski definition) is 2. The van der Waals surface area contributed by atoms with Crippen molar-refractivity contribution in [3.05, 3.63) is 44.7 Å². The van der Waals surface area contributed by atoms with Gasteiger partial charge in [0.2, 0.25) is 5.43 Å². The summed E-state index contributed by atoms with van der Waals surface area (Å²) in [6, 6.07) is 4.87. The maximum absolute atomic E-state index is 12.0. The molecule has 0 aliphatic heterocycles. The lowest BCUT2D eigenvalue weighted by molar-refractivity contribution is 0.0694. The van der Waals surface area contributed by atoms with Crippen LogP contribution in [0.3, 0.4) is 0 Å². The van der Waals surface area contributed by atoms with Crippen LogP contribution in [0.1, 0.15) is 16.1 Å². The van der Waals surface area contributed by atoms with Crippen LogP contribution < -0.4 is 5.43 Å². The maximum atomic E-state index is 12.0. The van der Waals surface area contributed by atoms with Gasteiger partial charge in [0.1, 0.15) is 5.56 Å². The van der Waals surface area contributed by atoms with E-state index in [0.29, 0.717) is 21.6 Å². The number of fused-ring (bicyclic) bond motifs is 1. The second-order valence-corrected chi connectivity index (χ2v) is 4.25. The zero-order valence-corrected chi connectivity index (χ0v) is 10.1. The molecule has 0 atom stereocenters. The van der Waals surface area contributed by atoms with Crippen molar-refractivity contribution in [2.45, 2.75) is 6.92 Å². The molecular weight excluding hydrogens is 242 g/mol. The van der Waals surface area contributed by atoms with Gasteiger partial charge in [-0.1, -0.05) is 11.6 Å². The quantitative estimate of drug-likeness (QED) is 0.845. The van der Waals surface area contributed by atoms with Gasteiger partial charge < -0.3 is 9.67 Å². The van der Waals surface area contributed by atoms with Gasteiger partial charge in [-0.3, -0.25) is 4.79 Å². The van der Waals surface area contributed by atoms with Crippen LogP contribution in [0.25, 0.3) is 10.9 Å². The first-order valence-corrected chi connectivity index (χ1v) is 5.33. The fraction of sp³-hybridized carbons (Fsp3) is 0.167. The molecule has 0 aliphatic carbocycles. The molecule has 1 N–H and O–H groups in total. The molecule has 0 saturated heterocycles. The third-order valence-corrected chi connectivity index (χ3v) is 3.11. The highest BCUT2D eigenvalue weighted by Crippen LogP contribution is 2.19. The summed E-state index contributed by atoms with van der Waals surface area (Å²) in [7, 11) is 1.72. The number of nitrogens with zero attached hydrogens (tertiary/aromatic N) is 1. The first kappa shape index (κ1) is 11.7. The molecule has 0 amide bonds. The van der Waals surface area contributed by atoms with Gasteiger partial charge in [-0.2, -0.15) is 0 Å². The van der Waals surface area contributed by atoms with Crippen LogP contribution in [0.2, 0.25) is 5.02 Å². The maximum Gasteiger partial charge on any atom is 0.341 e. The van der Waals surface area contributed by atoms with Gasteiger partial charge in [-0.15, -0.1) is 0 Å². The highest BCUT2D eigenvalue weighted by molar-refractivity contribution is 6.31. The van der Waals surface area contributed by atoms with Crippen molar-refractivity contribution < 1.29 is 9.90 Å². The Hall–Kier alpha value is -1.81. The number of carbonyl (C=O) groups is 1. The molecule has 0 saturated carbocycles. The van der Waals surface area contributed by atoms with Crippen LogP contribution in [-0.4, -0.2) is 15.6 Å². The van der Waals surface area contributed by atoms with E-state index in [1.807, 2.05) is 0 Å². The van der Waals surface area contributed by atoms with Crippen LogP contribution in [-0.2, 0) is 7.05 Å². The number of aryl methyl sites for hydroxylation is 1. The number of pyridine rings is 1. The lowest BCUT2D eigenvalue weighted by Crippen LogP contribution is -2.21. The van der Waals surface area contributed by atoms with Gasteiger partial charge in [0.25, 0.3) is 0 Å². The monoisotopic (exact) mass is 251 g/mol. The van der Waals surface area contributed by atoms with Crippen molar-refractivity contribution >= 4 is 28.5 Å². The average molecular weight is 252 g/mol. The summed E-state index contributed by atoms with van der Waals surface area (Å²) >= 11 is 5.82. The van der Waals surface area contributed by atoms with Crippen LogP contribution >= 0.6 is 11.6 Å². The third kappa shape index (κ3) is 1.70. The first-order chi connectivity index (χ1) is 7.93. The molecule has 1 aromatic heterocycles. The minimum Gasteiger partial charge on any atom is -0.477 e. The van der Waals surface area contributed by atoms with E-state index in [0.717, 1.165) is 0 Å². The number of aromatic carboxylic acids is 1. The van der Waals surface area contributed by atoms with E-state index in [9.17, 15) is 9.59 Å². The van der Waals surface area contributed by atoms with Gasteiger partial charge in [-0.25, -0.2) is 4.79 Å². The zero-order valence-electron chi connectivity index (χ0n) is 9.32. The van der Waals surface area contributed by atoms with E-state index < -0.39 is 11.4 Å². The summed E-state index contributed by atoms with van der Waals surface area (Å²) in [6.45, 7) is 1.61. The molecule has 0 unspecified atom stereocenters. The van der Waals surface area contributed by atoms with Crippen LogP contribution in [0.4, 0.5) is 0 Å². The van der Waals surface area contributed by atoms with Gasteiger partial charge in [0, 0.05) is 23.2 Å². The molecule has 2 rings (SSSR count). The Morgan fingerprint density at radius 2 is 2.06 bits per heavy atom. The van der Waals surface area contributed by atoms with Crippen molar-refractivity contribution in [3.63, 3.8) is 0 Å². The van der Waals surface area contributed by atoms with E-state index in [2.05, 4.69) is 0 Å². The van der Waals surface area contributed by atoms with E-state index in [1.165, 1.54) is 6.07 Å². The van der Waals surface area contributed by atoms with Gasteiger partial charge in [-0.05, 0) is 25.1 Å². The predicted octanol–water partition coefficient (Wildman–Crippen LogP) is 2.20. The number of carboxylic acids is 1. The van der Waals surface area contributed by atoms with Gasteiger partial charge >= 0.3 is 5.97 Å². The predicted molar refractivity (Wildman–Crippen MR) is 65.9 cm³/mol. The molecule has 2 aromatic rings. The molecule has 4 nitrogen and oxygen atoms in total. The van der Waals surface area contributed by atoms with E-state index in [1.54, 1.807) is 30.7 Å². The standard InChI is InChI=1S/C12H10ClNO3/c1-6-10(12(16)17)11(15)8-5-7(13)3-4-9(8)14(6)2/h3-5H,1-2H3,(H,16,17). The molecule has 88 valence electrons. The number of aromatic nitrogens is 1. The Kier molecular flexibility index (Phi) is 2.67. The third-order valence-electron chi connectivity index (χ3n) is 2.87. The van der Waals surface area contributed by atoms with E-state index >= 15 is 0 Å². The molecule has 5 heteroatoms. The SMILES string of the molecule is Cc1c(C(=O)O)c(=O)c2cc(Cl)ccc2n1C. The topological polar surface area (TPSA) is 59.3 Å². The molecule has 1 heterocycles. The van der Waals surface area contributed by atoms with Crippen molar-refractivity contribution in [1.82, 2.24) is 4.57 Å². The van der Waals surface area contributed by atoms with Gasteiger partial charge in [0.05, 0.1) is 5.52 Å². The highest BCUT2D eigenvalue weighted by Gasteiger charge is 2.17.